The molecule has 29 heavy (non-hydrogen) atoms. The third kappa shape index (κ3) is 6.05. The minimum atomic E-state index is -0.600. The molecule has 1 heterocycles. The number of hydrogen-bond acceptors (Lipinski definition) is 6. The van der Waals surface area contributed by atoms with E-state index < -0.39 is 17.7 Å². The van der Waals surface area contributed by atoms with Crippen molar-refractivity contribution in [3.8, 4) is 0 Å². The van der Waals surface area contributed by atoms with Gasteiger partial charge in [0.1, 0.15) is 10.6 Å². The molecule has 0 saturated carbocycles. The summed E-state index contributed by atoms with van der Waals surface area (Å²) in [4.78, 5) is 37.6. The van der Waals surface area contributed by atoms with Gasteiger partial charge in [0.2, 0.25) is 0 Å². The maximum atomic E-state index is 12.6. The van der Waals surface area contributed by atoms with Crippen LogP contribution in [0.1, 0.15) is 58.9 Å². The molecule has 0 unspecified atom stereocenters. The number of esters is 1. The van der Waals surface area contributed by atoms with Crippen LogP contribution in [0.2, 0.25) is 0 Å². The number of nitrogens with one attached hydrogen (secondary N) is 2. The topological polar surface area (TPSA) is 93.7 Å². The van der Waals surface area contributed by atoms with Crippen molar-refractivity contribution in [3.05, 3.63) is 45.8 Å². The number of ether oxygens (including phenoxy) is 2. The minimum absolute atomic E-state index is 0.257. The van der Waals surface area contributed by atoms with E-state index in [9.17, 15) is 14.4 Å². The molecule has 8 heteroatoms. The van der Waals surface area contributed by atoms with Gasteiger partial charge in [0.05, 0.1) is 12.2 Å². The number of carbonyl (C=O) groups is 3. The van der Waals surface area contributed by atoms with Crippen LogP contribution in [0.15, 0.2) is 24.3 Å². The number of hydrogen-bond donors (Lipinski definition) is 2. The summed E-state index contributed by atoms with van der Waals surface area (Å²) < 4.78 is 10.3. The van der Waals surface area contributed by atoms with Crippen LogP contribution in [0.5, 0.6) is 0 Å². The molecule has 2 N–H and O–H groups in total. The van der Waals surface area contributed by atoms with E-state index >= 15 is 0 Å². The van der Waals surface area contributed by atoms with Crippen molar-refractivity contribution in [2.45, 2.75) is 47.1 Å². The fourth-order valence-corrected chi connectivity index (χ4v) is 3.51. The fraction of sp³-hybridized carbons (Fsp3) is 0.381. The van der Waals surface area contributed by atoms with E-state index in [1.807, 2.05) is 13.8 Å². The summed E-state index contributed by atoms with van der Waals surface area (Å²) in [6.07, 6.45) is -0.571. The van der Waals surface area contributed by atoms with Gasteiger partial charge in [-0.15, -0.1) is 11.3 Å². The van der Waals surface area contributed by atoms with Crippen LogP contribution < -0.4 is 10.6 Å². The van der Waals surface area contributed by atoms with Gasteiger partial charge in [0, 0.05) is 16.1 Å². The van der Waals surface area contributed by atoms with Crippen LogP contribution in [0.3, 0.4) is 0 Å². The van der Waals surface area contributed by atoms with Gasteiger partial charge in [0.15, 0.2) is 0 Å². The molecule has 2 rings (SSSR count). The first-order chi connectivity index (χ1) is 13.5. The molecule has 2 aromatic rings. The van der Waals surface area contributed by atoms with Crippen LogP contribution in [0.25, 0.3) is 0 Å². The molecular formula is C21H26N2O5S. The summed E-state index contributed by atoms with van der Waals surface area (Å²) in [5.74, 6) is -0.817. The van der Waals surface area contributed by atoms with Gasteiger partial charge in [-0.3, -0.25) is 10.1 Å². The first-order valence-corrected chi connectivity index (χ1v) is 10.0. The van der Waals surface area contributed by atoms with Crippen molar-refractivity contribution in [1.82, 2.24) is 0 Å². The third-order valence-electron chi connectivity index (χ3n) is 3.88. The number of aryl methyl sites for hydroxylation is 1. The molecule has 0 bridgehead atoms. The maximum absolute atomic E-state index is 12.6. The molecule has 0 aliphatic heterocycles. The van der Waals surface area contributed by atoms with Gasteiger partial charge in [-0.25, -0.2) is 9.59 Å². The third-order valence-corrected chi connectivity index (χ3v) is 5.01. The molecule has 1 aromatic heterocycles. The minimum Gasteiger partial charge on any atom is -0.462 e. The van der Waals surface area contributed by atoms with Crippen molar-refractivity contribution in [1.29, 1.82) is 0 Å². The second kappa shape index (κ2) is 9.09. The maximum Gasteiger partial charge on any atom is 0.412 e. The van der Waals surface area contributed by atoms with Gasteiger partial charge in [-0.1, -0.05) is 0 Å². The van der Waals surface area contributed by atoms with Crippen LogP contribution in [0, 0.1) is 13.8 Å². The molecule has 7 nitrogen and oxygen atoms in total. The SMILES string of the molecule is CCOC(=O)c1c(NC(=O)c2ccc(NC(=O)OC(C)(C)C)cc2)sc(C)c1C. The predicted octanol–water partition coefficient (Wildman–Crippen LogP) is 5.14. The highest BCUT2D eigenvalue weighted by atomic mass is 32.1. The number of benzene rings is 1. The molecule has 0 atom stereocenters. The Balaban J connectivity index is 2.11. The van der Waals surface area contributed by atoms with Crippen molar-refractivity contribution in [2.75, 3.05) is 17.2 Å². The molecule has 0 aliphatic carbocycles. The van der Waals surface area contributed by atoms with E-state index in [1.54, 1.807) is 52.0 Å². The van der Waals surface area contributed by atoms with E-state index in [1.165, 1.54) is 11.3 Å². The number of rotatable bonds is 5. The van der Waals surface area contributed by atoms with E-state index in [0.29, 0.717) is 21.8 Å². The van der Waals surface area contributed by atoms with Crippen molar-refractivity contribution >= 4 is 40.0 Å². The zero-order valence-electron chi connectivity index (χ0n) is 17.5. The molecule has 0 spiro atoms. The first-order valence-electron chi connectivity index (χ1n) is 9.20. The molecule has 156 valence electrons. The molecule has 0 fully saturated rings. The lowest BCUT2D eigenvalue weighted by atomic mass is 10.1. The van der Waals surface area contributed by atoms with E-state index in [0.717, 1.165) is 10.4 Å². The Bertz CT molecular complexity index is 910. The predicted molar refractivity (Wildman–Crippen MR) is 114 cm³/mol. The Morgan fingerprint density at radius 1 is 1.03 bits per heavy atom. The molecule has 1 aromatic carbocycles. The fourth-order valence-electron chi connectivity index (χ4n) is 2.47. The quantitative estimate of drug-likeness (QED) is 0.656. The van der Waals surface area contributed by atoms with Gasteiger partial charge in [-0.05, 0) is 71.4 Å². The van der Waals surface area contributed by atoms with Crippen molar-refractivity contribution in [3.63, 3.8) is 0 Å². The lowest BCUT2D eigenvalue weighted by Crippen LogP contribution is -2.27. The smallest absolute Gasteiger partial charge is 0.412 e. The Labute approximate surface area is 174 Å². The summed E-state index contributed by atoms with van der Waals surface area (Å²) in [7, 11) is 0. The second-order valence-corrected chi connectivity index (χ2v) is 8.59. The zero-order valence-corrected chi connectivity index (χ0v) is 18.3. The number of amides is 2. The molecule has 0 saturated heterocycles. The number of carbonyl (C=O) groups excluding carboxylic acids is 3. The summed E-state index contributed by atoms with van der Waals surface area (Å²) in [5, 5.41) is 5.85. The van der Waals surface area contributed by atoms with Crippen LogP contribution in [-0.2, 0) is 9.47 Å². The summed E-state index contributed by atoms with van der Waals surface area (Å²) in [6, 6.07) is 6.38. The monoisotopic (exact) mass is 418 g/mol. The van der Waals surface area contributed by atoms with Crippen molar-refractivity contribution in [2.24, 2.45) is 0 Å². The van der Waals surface area contributed by atoms with Crippen LogP contribution >= 0.6 is 11.3 Å². The van der Waals surface area contributed by atoms with E-state index in [2.05, 4.69) is 10.6 Å². The largest absolute Gasteiger partial charge is 0.462 e. The van der Waals surface area contributed by atoms with Gasteiger partial charge < -0.3 is 14.8 Å². The van der Waals surface area contributed by atoms with Crippen molar-refractivity contribution < 1.29 is 23.9 Å². The number of thiophene rings is 1. The lowest BCUT2D eigenvalue weighted by Gasteiger charge is -2.19. The highest BCUT2D eigenvalue weighted by molar-refractivity contribution is 7.16. The normalized spacial score (nSPS) is 11.0. The van der Waals surface area contributed by atoms with Crippen LogP contribution in [0.4, 0.5) is 15.5 Å². The Morgan fingerprint density at radius 3 is 2.21 bits per heavy atom. The molecular weight excluding hydrogens is 392 g/mol. The molecule has 0 radical (unpaired) electrons. The second-order valence-electron chi connectivity index (χ2n) is 7.37. The standard InChI is InChI=1S/C21H26N2O5S/c1-7-27-19(25)16-12(2)13(3)29-18(16)23-17(24)14-8-10-15(11-9-14)22-20(26)28-21(4,5)6/h8-11H,7H2,1-6H3,(H,22,26)(H,23,24). The van der Waals surface area contributed by atoms with Crippen LogP contribution in [-0.4, -0.2) is 30.2 Å². The number of anilines is 2. The first kappa shape index (κ1) is 22.4. The van der Waals surface area contributed by atoms with Gasteiger partial charge in [-0.2, -0.15) is 0 Å². The highest BCUT2D eigenvalue weighted by Crippen LogP contribution is 2.33. The highest BCUT2D eigenvalue weighted by Gasteiger charge is 2.22. The average Bonchev–Trinajstić information content (AvgIpc) is 2.87. The zero-order chi connectivity index (χ0) is 21.8. The summed E-state index contributed by atoms with van der Waals surface area (Å²) in [5.41, 5.74) is 1.47. The summed E-state index contributed by atoms with van der Waals surface area (Å²) >= 11 is 1.33. The molecule has 2 amide bonds. The average molecular weight is 419 g/mol. The summed E-state index contributed by atoms with van der Waals surface area (Å²) in [6.45, 7) is 11.0. The van der Waals surface area contributed by atoms with Gasteiger partial charge >= 0.3 is 12.1 Å². The van der Waals surface area contributed by atoms with E-state index in [4.69, 9.17) is 9.47 Å². The Hall–Kier alpha value is -2.87. The van der Waals surface area contributed by atoms with Gasteiger partial charge in [0.25, 0.3) is 5.91 Å². The Morgan fingerprint density at radius 2 is 1.66 bits per heavy atom. The lowest BCUT2D eigenvalue weighted by molar-refractivity contribution is 0.0526. The molecule has 0 aliphatic rings. The Kier molecular flexibility index (Phi) is 7.02. The van der Waals surface area contributed by atoms with E-state index in [-0.39, 0.29) is 12.5 Å².